The Morgan fingerprint density at radius 3 is 2.92 bits per heavy atom. The maximum atomic E-state index is 5.22. The van der Waals surface area contributed by atoms with Gasteiger partial charge < -0.3 is 4.74 Å². The number of benzene rings is 1. The van der Waals surface area contributed by atoms with Gasteiger partial charge in [0.15, 0.2) is 0 Å². The summed E-state index contributed by atoms with van der Waals surface area (Å²) in [7, 11) is 0. The highest BCUT2D eigenvalue weighted by Gasteiger charge is 1.96. The Morgan fingerprint density at radius 2 is 2.33 bits per heavy atom. The van der Waals surface area contributed by atoms with Crippen LogP contribution >= 0.6 is 15.9 Å². The quantitative estimate of drug-likeness (QED) is 0.703. The SMILES string of the molecule is C#CCOc1ccc(C)c(Br)c1. The second kappa shape index (κ2) is 4.18. The maximum Gasteiger partial charge on any atom is 0.148 e. The minimum absolute atomic E-state index is 0.315. The summed E-state index contributed by atoms with van der Waals surface area (Å²) >= 11 is 3.41. The molecular formula is C10H9BrO. The molecule has 1 rings (SSSR count). The van der Waals surface area contributed by atoms with E-state index in [-0.39, 0.29) is 0 Å². The fraction of sp³-hybridized carbons (Fsp3) is 0.200. The molecule has 1 aromatic carbocycles. The van der Waals surface area contributed by atoms with Gasteiger partial charge in [-0.2, -0.15) is 0 Å². The summed E-state index contributed by atoms with van der Waals surface area (Å²) in [5.41, 5.74) is 1.18. The molecule has 0 heterocycles. The predicted octanol–water partition coefficient (Wildman–Crippen LogP) is 2.77. The standard InChI is InChI=1S/C10H9BrO/c1-3-6-12-9-5-4-8(2)10(11)7-9/h1,4-5,7H,6H2,2H3. The first-order valence-corrected chi connectivity index (χ1v) is 4.36. The van der Waals surface area contributed by atoms with E-state index in [1.165, 1.54) is 5.56 Å². The van der Waals surface area contributed by atoms with Crippen molar-refractivity contribution in [2.24, 2.45) is 0 Å². The molecule has 0 aliphatic heterocycles. The molecule has 62 valence electrons. The van der Waals surface area contributed by atoms with Gasteiger partial charge in [0.2, 0.25) is 0 Å². The van der Waals surface area contributed by atoms with E-state index in [4.69, 9.17) is 11.2 Å². The normalized spacial score (nSPS) is 9.08. The van der Waals surface area contributed by atoms with E-state index in [0.29, 0.717) is 6.61 Å². The first kappa shape index (κ1) is 9.15. The number of rotatable bonds is 2. The zero-order valence-electron chi connectivity index (χ0n) is 6.80. The first-order chi connectivity index (χ1) is 5.74. The molecule has 0 aromatic heterocycles. The van der Waals surface area contributed by atoms with Gasteiger partial charge in [0, 0.05) is 4.47 Å². The van der Waals surface area contributed by atoms with Crippen LogP contribution in [0, 0.1) is 19.3 Å². The van der Waals surface area contributed by atoms with Crippen LogP contribution in [-0.2, 0) is 0 Å². The third-order valence-electron chi connectivity index (χ3n) is 1.47. The van der Waals surface area contributed by atoms with Gasteiger partial charge in [-0.05, 0) is 24.6 Å². The Bertz CT molecular complexity index is 312. The molecule has 0 fully saturated rings. The second-order valence-corrected chi connectivity index (χ2v) is 3.26. The average Bonchev–Trinajstić information content (AvgIpc) is 2.07. The highest BCUT2D eigenvalue weighted by molar-refractivity contribution is 9.10. The summed E-state index contributed by atoms with van der Waals surface area (Å²) in [5, 5.41) is 0. The number of ether oxygens (including phenoxy) is 1. The average molecular weight is 225 g/mol. The number of aryl methyl sites for hydroxylation is 1. The van der Waals surface area contributed by atoms with Crippen molar-refractivity contribution in [2.45, 2.75) is 6.92 Å². The van der Waals surface area contributed by atoms with Gasteiger partial charge in [-0.15, -0.1) is 6.42 Å². The first-order valence-electron chi connectivity index (χ1n) is 3.56. The van der Waals surface area contributed by atoms with Gasteiger partial charge >= 0.3 is 0 Å². The van der Waals surface area contributed by atoms with Gasteiger partial charge in [0.05, 0.1) is 0 Å². The molecule has 1 nitrogen and oxygen atoms in total. The van der Waals surface area contributed by atoms with E-state index >= 15 is 0 Å². The molecule has 0 saturated carbocycles. The van der Waals surface area contributed by atoms with Crippen LogP contribution in [0.25, 0.3) is 0 Å². The maximum absolute atomic E-state index is 5.22. The highest BCUT2D eigenvalue weighted by Crippen LogP contribution is 2.21. The zero-order valence-corrected chi connectivity index (χ0v) is 8.39. The Labute approximate surface area is 80.9 Å². The van der Waals surface area contributed by atoms with Crippen LogP contribution in [-0.4, -0.2) is 6.61 Å². The third-order valence-corrected chi connectivity index (χ3v) is 2.32. The van der Waals surface area contributed by atoms with E-state index in [0.717, 1.165) is 10.2 Å². The van der Waals surface area contributed by atoms with Gasteiger partial charge in [-0.3, -0.25) is 0 Å². The minimum Gasteiger partial charge on any atom is -0.481 e. The molecule has 0 N–H and O–H groups in total. The molecular weight excluding hydrogens is 216 g/mol. The summed E-state index contributed by atoms with van der Waals surface area (Å²) < 4.78 is 6.26. The predicted molar refractivity (Wildman–Crippen MR) is 53.2 cm³/mol. The molecule has 0 bridgehead atoms. The van der Waals surface area contributed by atoms with Crippen molar-refractivity contribution in [2.75, 3.05) is 6.61 Å². The van der Waals surface area contributed by atoms with Crippen LogP contribution in [0.4, 0.5) is 0 Å². The van der Waals surface area contributed by atoms with Gasteiger partial charge in [-0.1, -0.05) is 27.9 Å². The number of halogens is 1. The molecule has 0 saturated heterocycles. The Kier molecular flexibility index (Phi) is 3.19. The molecule has 1 aromatic rings. The van der Waals surface area contributed by atoms with Crippen LogP contribution in [0.15, 0.2) is 22.7 Å². The van der Waals surface area contributed by atoms with Crippen molar-refractivity contribution >= 4 is 15.9 Å². The fourth-order valence-corrected chi connectivity index (χ4v) is 1.15. The lowest BCUT2D eigenvalue weighted by molar-refractivity contribution is 0.370. The lowest BCUT2D eigenvalue weighted by atomic mass is 10.2. The van der Waals surface area contributed by atoms with E-state index in [1.807, 2.05) is 25.1 Å². The van der Waals surface area contributed by atoms with Crippen molar-refractivity contribution in [3.05, 3.63) is 28.2 Å². The molecule has 0 atom stereocenters. The molecule has 0 unspecified atom stereocenters. The van der Waals surface area contributed by atoms with Gasteiger partial charge in [0.25, 0.3) is 0 Å². The van der Waals surface area contributed by atoms with Crippen LogP contribution in [0.2, 0.25) is 0 Å². The third kappa shape index (κ3) is 2.28. The molecule has 0 radical (unpaired) electrons. The summed E-state index contributed by atoms with van der Waals surface area (Å²) in [4.78, 5) is 0. The highest BCUT2D eigenvalue weighted by atomic mass is 79.9. The lowest BCUT2D eigenvalue weighted by Gasteiger charge is -2.03. The largest absolute Gasteiger partial charge is 0.481 e. The van der Waals surface area contributed by atoms with Crippen LogP contribution in [0.1, 0.15) is 5.56 Å². The molecule has 12 heavy (non-hydrogen) atoms. The molecule has 0 aliphatic carbocycles. The van der Waals surface area contributed by atoms with Crippen LogP contribution in [0.5, 0.6) is 5.75 Å². The van der Waals surface area contributed by atoms with Gasteiger partial charge in [0.1, 0.15) is 12.4 Å². The van der Waals surface area contributed by atoms with Crippen molar-refractivity contribution in [1.82, 2.24) is 0 Å². The second-order valence-electron chi connectivity index (χ2n) is 2.40. The topological polar surface area (TPSA) is 9.23 Å². The minimum atomic E-state index is 0.315. The van der Waals surface area contributed by atoms with E-state index in [1.54, 1.807) is 0 Å². The number of hydrogen-bond donors (Lipinski definition) is 0. The van der Waals surface area contributed by atoms with E-state index in [9.17, 15) is 0 Å². The lowest BCUT2D eigenvalue weighted by Crippen LogP contribution is -1.93. The van der Waals surface area contributed by atoms with E-state index in [2.05, 4.69) is 21.9 Å². The zero-order chi connectivity index (χ0) is 8.97. The molecule has 0 spiro atoms. The monoisotopic (exact) mass is 224 g/mol. The summed E-state index contributed by atoms with van der Waals surface area (Å²) in [5.74, 6) is 3.21. The van der Waals surface area contributed by atoms with Crippen molar-refractivity contribution < 1.29 is 4.74 Å². The fourth-order valence-electron chi connectivity index (χ4n) is 0.788. The number of terminal acetylenes is 1. The Balaban J connectivity index is 2.77. The van der Waals surface area contributed by atoms with Crippen molar-refractivity contribution in [1.29, 1.82) is 0 Å². The Hall–Kier alpha value is -0.940. The van der Waals surface area contributed by atoms with Crippen molar-refractivity contribution in [3.8, 4) is 18.1 Å². The molecule has 0 amide bonds. The molecule has 2 heteroatoms. The van der Waals surface area contributed by atoms with Gasteiger partial charge in [-0.25, -0.2) is 0 Å². The number of hydrogen-bond acceptors (Lipinski definition) is 1. The smallest absolute Gasteiger partial charge is 0.148 e. The van der Waals surface area contributed by atoms with Crippen molar-refractivity contribution in [3.63, 3.8) is 0 Å². The summed E-state index contributed by atoms with van der Waals surface area (Å²) in [6.45, 7) is 2.34. The van der Waals surface area contributed by atoms with Crippen LogP contribution in [0.3, 0.4) is 0 Å². The molecule has 0 aliphatic rings. The summed E-state index contributed by atoms with van der Waals surface area (Å²) in [6.07, 6.45) is 5.06. The van der Waals surface area contributed by atoms with E-state index < -0.39 is 0 Å². The summed E-state index contributed by atoms with van der Waals surface area (Å²) in [6, 6.07) is 5.79. The van der Waals surface area contributed by atoms with Crippen LogP contribution < -0.4 is 4.74 Å². The Morgan fingerprint density at radius 1 is 1.58 bits per heavy atom.